The smallest absolute Gasteiger partial charge is 0.340 e. The fourth-order valence-corrected chi connectivity index (χ4v) is 4.28. The number of hydrogen-bond donors (Lipinski definition) is 1. The molecule has 0 spiro atoms. The summed E-state index contributed by atoms with van der Waals surface area (Å²) >= 11 is 1.18. The van der Waals surface area contributed by atoms with Gasteiger partial charge in [-0.05, 0) is 38.5 Å². The molecule has 1 N–H and O–H groups in total. The Bertz CT molecular complexity index is 1180. The summed E-state index contributed by atoms with van der Waals surface area (Å²) in [6.07, 6.45) is 0. The van der Waals surface area contributed by atoms with E-state index in [4.69, 9.17) is 9.47 Å². The number of carbonyl (C=O) groups is 2. The van der Waals surface area contributed by atoms with Crippen molar-refractivity contribution >= 4 is 34.4 Å². The lowest BCUT2D eigenvalue weighted by molar-refractivity contribution is 0.0525. The summed E-state index contributed by atoms with van der Waals surface area (Å²) in [7, 11) is 1.56. The lowest BCUT2D eigenvalue weighted by Gasteiger charge is -2.12. The number of esters is 1. The number of aromatic nitrogens is 3. The van der Waals surface area contributed by atoms with Crippen LogP contribution in [0.2, 0.25) is 0 Å². The Morgan fingerprint density at radius 1 is 1.23 bits per heavy atom. The van der Waals surface area contributed by atoms with Crippen LogP contribution in [0.3, 0.4) is 0 Å². The van der Waals surface area contributed by atoms with Crippen molar-refractivity contribution < 1.29 is 19.1 Å². The predicted molar refractivity (Wildman–Crippen MR) is 119 cm³/mol. The van der Waals surface area contributed by atoms with Gasteiger partial charge in [-0.25, -0.2) is 9.78 Å². The lowest BCUT2D eigenvalue weighted by Crippen LogP contribution is -2.25. The van der Waals surface area contributed by atoms with E-state index in [1.165, 1.54) is 16.3 Å². The average molecular weight is 444 g/mol. The number of ether oxygens (including phenoxy) is 2. The van der Waals surface area contributed by atoms with Crippen LogP contribution in [-0.2, 0) is 16.0 Å². The number of aryl methyl sites for hydroxylation is 1. The van der Waals surface area contributed by atoms with Crippen LogP contribution >= 0.6 is 11.8 Å². The van der Waals surface area contributed by atoms with Gasteiger partial charge in [0, 0.05) is 12.8 Å². The van der Waals surface area contributed by atoms with Crippen molar-refractivity contribution in [3.8, 4) is 0 Å². The van der Waals surface area contributed by atoms with Crippen LogP contribution in [0.5, 0.6) is 0 Å². The van der Waals surface area contributed by atoms with Crippen molar-refractivity contribution in [2.45, 2.75) is 32.5 Å². The quantitative estimate of drug-likeness (QED) is 0.234. The van der Waals surface area contributed by atoms with Gasteiger partial charge in [0.1, 0.15) is 0 Å². The maximum absolute atomic E-state index is 12.9. The Morgan fingerprint density at radius 2 is 1.97 bits per heavy atom. The monoisotopic (exact) mass is 443 g/mol. The zero-order valence-electron chi connectivity index (χ0n) is 18.0. The molecule has 0 fully saturated rings. The molecule has 8 nitrogen and oxygen atoms in total. The zero-order valence-corrected chi connectivity index (χ0v) is 18.8. The molecule has 3 rings (SSSR count). The van der Waals surface area contributed by atoms with Crippen LogP contribution in [0.1, 0.15) is 39.0 Å². The van der Waals surface area contributed by atoms with Crippen LogP contribution in [-0.4, -0.2) is 52.4 Å². The summed E-state index contributed by atoms with van der Waals surface area (Å²) < 4.78 is 11.7. The molecule has 0 aliphatic heterocycles. The van der Waals surface area contributed by atoms with Gasteiger partial charge in [-0.2, -0.15) is 0 Å². The molecule has 0 saturated heterocycles. The normalized spacial score (nSPS) is 11.1. The first-order valence-electron chi connectivity index (χ1n) is 9.89. The number of fused-ring (bicyclic) bond motifs is 1. The Kier molecular flexibility index (Phi) is 7.29. The van der Waals surface area contributed by atoms with Gasteiger partial charge < -0.3 is 14.5 Å². The number of rotatable bonds is 9. The third-order valence-corrected chi connectivity index (χ3v) is 5.85. The van der Waals surface area contributed by atoms with Crippen LogP contribution in [0.4, 0.5) is 0 Å². The fraction of sp³-hybridized carbons (Fsp3) is 0.364. The molecule has 2 aromatic heterocycles. The van der Waals surface area contributed by atoms with Gasteiger partial charge in [0.25, 0.3) is 5.56 Å². The third-order valence-electron chi connectivity index (χ3n) is 4.87. The number of nitrogens with one attached hydrogen (secondary N) is 1. The Hall–Kier alpha value is -2.91. The molecule has 9 heteroatoms. The molecule has 1 aromatic carbocycles. The van der Waals surface area contributed by atoms with E-state index in [-0.39, 0.29) is 23.7 Å². The lowest BCUT2D eigenvalue weighted by atomic mass is 10.1. The van der Waals surface area contributed by atoms with Crippen molar-refractivity contribution in [1.82, 2.24) is 14.5 Å². The largest absolute Gasteiger partial charge is 0.462 e. The molecule has 0 aliphatic rings. The van der Waals surface area contributed by atoms with Crippen LogP contribution in [0.25, 0.3) is 10.9 Å². The number of aromatic amines is 1. The van der Waals surface area contributed by atoms with Crippen LogP contribution in [0.15, 0.2) is 34.2 Å². The average Bonchev–Trinajstić information content (AvgIpc) is 3.05. The van der Waals surface area contributed by atoms with E-state index >= 15 is 0 Å². The second-order valence-corrected chi connectivity index (χ2v) is 7.86. The van der Waals surface area contributed by atoms with Crippen molar-refractivity contribution in [2.24, 2.45) is 0 Å². The molecule has 0 bridgehead atoms. The minimum Gasteiger partial charge on any atom is -0.462 e. The number of hydrogen-bond acceptors (Lipinski definition) is 7. The summed E-state index contributed by atoms with van der Waals surface area (Å²) in [6.45, 7) is 6.12. The van der Waals surface area contributed by atoms with E-state index in [1.54, 1.807) is 46.1 Å². The van der Waals surface area contributed by atoms with E-state index in [2.05, 4.69) is 9.97 Å². The molecule has 0 atom stereocenters. The molecule has 31 heavy (non-hydrogen) atoms. The van der Waals surface area contributed by atoms with Gasteiger partial charge in [-0.15, -0.1) is 0 Å². The van der Waals surface area contributed by atoms with Crippen molar-refractivity contribution in [3.63, 3.8) is 0 Å². The third kappa shape index (κ3) is 4.72. The molecule has 2 heterocycles. The van der Waals surface area contributed by atoms with Crippen molar-refractivity contribution in [2.75, 3.05) is 26.1 Å². The number of para-hydroxylation sites is 1. The summed E-state index contributed by atoms with van der Waals surface area (Å²) in [5.74, 6) is -0.590. The van der Waals surface area contributed by atoms with Crippen LogP contribution in [0, 0.1) is 13.8 Å². The highest BCUT2D eigenvalue weighted by molar-refractivity contribution is 7.99. The second-order valence-electron chi connectivity index (χ2n) is 6.92. The van der Waals surface area contributed by atoms with Gasteiger partial charge in [0.2, 0.25) is 0 Å². The van der Waals surface area contributed by atoms with Crippen molar-refractivity contribution in [1.29, 1.82) is 0 Å². The first-order valence-corrected chi connectivity index (χ1v) is 10.9. The van der Waals surface area contributed by atoms with E-state index in [1.807, 2.05) is 6.07 Å². The molecular weight excluding hydrogens is 418 g/mol. The first-order chi connectivity index (χ1) is 14.9. The molecule has 3 aromatic rings. The van der Waals surface area contributed by atoms with Gasteiger partial charge in [-0.1, -0.05) is 23.9 Å². The molecule has 0 radical (unpaired) electrons. The number of benzene rings is 1. The number of methoxy groups -OCH3 is 1. The molecule has 164 valence electrons. The van der Waals surface area contributed by atoms with Gasteiger partial charge in [0.15, 0.2) is 10.9 Å². The van der Waals surface area contributed by atoms with Gasteiger partial charge >= 0.3 is 5.97 Å². The molecule has 0 saturated carbocycles. The maximum Gasteiger partial charge on any atom is 0.340 e. The van der Waals surface area contributed by atoms with E-state index in [9.17, 15) is 14.4 Å². The summed E-state index contributed by atoms with van der Waals surface area (Å²) in [6, 6.07) is 7.11. The Labute approximate surface area is 184 Å². The predicted octanol–water partition coefficient (Wildman–Crippen LogP) is 3.14. The van der Waals surface area contributed by atoms with Gasteiger partial charge in [0.05, 0.1) is 47.7 Å². The highest BCUT2D eigenvalue weighted by Gasteiger charge is 2.23. The van der Waals surface area contributed by atoms with E-state index in [0.29, 0.717) is 51.7 Å². The number of nitrogens with zero attached hydrogens (tertiary/aromatic N) is 2. The van der Waals surface area contributed by atoms with Crippen LogP contribution < -0.4 is 5.56 Å². The number of thioether (sulfide) groups is 1. The number of carbonyl (C=O) groups excluding carboxylic acids is 2. The topological polar surface area (TPSA) is 103 Å². The number of H-pyrrole nitrogens is 1. The van der Waals surface area contributed by atoms with Gasteiger partial charge in [-0.3, -0.25) is 14.2 Å². The number of ketones is 1. The van der Waals surface area contributed by atoms with E-state index in [0.717, 1.165) is 0 Å². The summed E-state index contributed by atoms with van der Waals surface area (Å²) in [5.41, 5.74) is 2.30. The highest BCUT2D eigenvalue weighted by atomic mass is 32.2. The number of Topliss-reactive ketones (excluding diaryl/α,β-unsaturated/α-hetero) is 1. The zero-order chi connectivity index (χ0) is 22.5. The highest BCUT2D eigenvalue weighted by Crippen LogP contribution is 2.23. The summed E-state index contributed by atoms with van der Waals surface area (Å²) in [4.78, 5) is 45.6. The van der Waals surface area contributed by atoms with Crippen molar-refractivity contribution in [3.05, 3.63) is 57.1 Å². The van der Waals surface area contributed by atoms with E-state index < -0.39 is 5.97 Å². The Balaban J connectivity index is 1.89. The molecule has 0 unspecified atom stereocenters. The SMILES string of the molecule is CCOC(=O)c1c(C)[nH]c(C(=O)CSc2nc3ccccc3c(=O)n2CCOC)c1C. The molecule has 0 amide bonds. The fourth-order valence-electron chi connectivity index (χ4n) is 3.38. The minimum atomic E-state index is -0.454. The summed E-state index contributed by atoms with van der Waals surface area (Å²) in [5, 5.41) is 0.963. The Morgan fingerprint density at radius 3 is 2.68 bits per heavy atom. The molecule has 0 aliphatic carbocycles. The first kappa shape index (κ1) is 22.8. The molecular formula is C22H25N3O5S. The second kappa shape index (κ2) is 9.93. The minimum absolute atomic E-state index is 0.0564. The maximum atomic E-state index is 12.9. The standard InChI is InChI=1S/C22H25N3O5S/c1-5-30-21(28)18-13(2)19(23-14(18)3)17(26)12-31-22-24-16-9-7-6-8-15(16)20(27)25(22)10-11-29-4/h6-9,23H,5,10-12H2,1-4H3.